The van der Waals surface area contributed by atoms with Crippen molar-refractivity contribution in [3.63, 3.8) is 0 Å². The van der Waals surface area contributed by atoms with Crippen molar-refractivity contribution in [1.82, 2.24) is 20.5 Å². The number of carbonyl (C=O) groups is 1. The third kappa shape index (κ3) is 7.68. The Labute approximate surface area is 227 Å². The summed E-state index contributed by atoms with van der Waals surface area (Å²) in [6.45, 7) is 10.8. The molecule has 1 aromatic carbocycles. The van der Waals surface area contributed by atoms with Gasteiger partial charge < -0.3 is 25.2 Å². The van der Waals surface area contributed by atoms with Crippen molar-refractivity contribution >= 4 is 17.4 Å². The Hall–Kier alpha value is -3.65. The molecule has 0 saturated heterocycles. The molecule has 2 N–H and O–H groups in total. The first kappa shape index (κ1) is 28.9. The maximum absolute atomic E-state index is 14.0. The number of hydrogen-bond acceptors (Lipinski definition) is 6. The van der Waals surface area contributed by atoms with Gasteiger partial charge in [-0.1, -0.05) is 24.6 Å². The van der Waals surface area contributed by atoms with E-state index in [4.69, 9.17) is 4.74 Å². The molecule has 204 valence electrons. The van der Waals surface area contributed by atoms with Crippen molar-refractivity contribution in [1.29, 1.82) is 0 Å². The largest absolute Gasteiger partial charge is 0.486 e. The monoisotopic (exact) mass is 518 g/mol. The first-order valence-corrected chi connectivity index (χ1v) is 13.4. The topological polar surface area (TPSA) is 82.1 Å². The van der Waals surface area contributed by atoms with E-state index in [1.165, 1.54) is 0 Å². The van der Waals surface area contributed by atoms with Crippen LogP contribution in [-0.2, 0) is 4.79 Å². The quantitative estimate of drug-likeness (QED) is 0.332. The van der Waals surface area contributed by atoms with Gasteiger partial charge in [-0.25, -0.2) is 0 Å². The summed E-state index contributed by atoms with van der Waals surface area (Å²) in [7, 11) is 3.94. The second-order valence-corrected chi connectivity index (χ2v) is 9.45. The van der Waals surface area contributed by atoms with E-state index in [9.17, 15) is 4.79 Å². The van der Waals surface area contributed by atoms with Crippen molar-refractivity contribution in [2.45, 2.75) is 46.6 Å². The lowest BCUT2D eigenvalue weighted by atomic mass is 10.1. The Kier molecular flexibility index (Phi) is 10.9. The van der Waals surface area contributed by atoms with Crippen LogP contribution in [0.1, 0.15) is 52.2 Å². The van der Waals surface area contributed by atoms with Gasteiger partial charge in [-0.3, -0.25) is 14.8 Å². The summed E-state index contributed by atoms with van der Waals surface area (Å²) in [6.07, 6.45) is 7.10. The lowest BCUT2D eigenvalue weighted by Crippen LogP contribution is -2.34. The molecular formula is C30H42N6O2. The zero-order valence-electron chi connectivity index (χ0n) is 23.6. The molecule has 0 saturated carbocycles. The van der Waals surface area contributed by atoms with Crippen molar-refractivity contribution in [3.8, 4) is 5.75 Å². The number of nitrogens with zero attached hydrogens (tertiary/aromatic N) is 4. The maximum atomic E-state index is 14.0. The molecule has 2 aromatic rings. The van der Waals surface area contributed by atoms with Gasteiger partial charge in [-0.15, -0.1) is 0 Å². The Morgan fingerprint density at radius 2 is 2.03 bits per heavy atom. The van der Waals surface area contributed by atoms with E-state index in [1.54, 1.807) is 6.20 Å². The van der Waals surface area contributed by atoms with Crippen molar-refractivity contribution in [2.24, 2.45) is 4.99 Å². The zero-order valence-corrected chi connectivity index (χ0v) is 23.6. The number of amides is 1. The van der Waals surface area contributed by atoms with E-state index < -0.39 is 0 Å². The van der Waals surface area contributed by atoms with E-state index in [-0.39, 0.29) is 12.0 Å². The molecule has 0 aliphatic carbocycles. The number of benzene rings is 1. The molecule has 1 atom stereocenters. The summed E-state index contributed by atoms with van der Waals surface area (Å²) in [4.78, 5) is 26.7. The molecule has 8 heteroatoms. The highest BCUT2D eigenvalue weighted by Gasteiger charge is 2.28. The molecule has 0 bridgehead atoms. The summed E-state index contributed by atoms with van der Waals surface area (Å²) < 4.78 is 6.45. The summed E-state index contributed by atoms with van der Waals surface area (Å²) >= 11 is 0. The minimum atomic E-state index is -0.153. The van der Waals surface area contributed by atoms with Gasteiger partial charge >= 0.3 is 0 Å². The summed E-state index contributed by atoms with van der Waals surface area (Å²) in [5.74, 6) is 2.23. The SMILES string of the molecule is CCN=C(C)NC1=C(/C=C(/C)CC)C(=O)N(c2cccc(OC(CCNC)c3cccnc3)c2)CCN1C. The molecule has 1 aliphatic rings. The normalized spacial score (nSPS) is 16.0. The average Bonchev–Trinajstić information content (AvgIpc) is 3.03. The number of anilines is 1. The number of hydrogen-bond donors (Lipinski definition) is 2. The van der Waals surface area contributed by atoms with E-state index in [0.29, 0.717) is 31.0 Å². The molecule has 1 aromatic heterocycles. The third-order valence-electron chi connectivity index (χ3n) is 6.53. The van der Waals surface area contributed by atoms with Gasteiger partial charge in [-0.05, 0) is 65.1 Å². The van der Waals surface area contributed by atoms with Gasteiger partial charge in [0.1, 0.15) is 17.7 Å². The number of ether oxygens (including phenoxy) is 1. The first-order valence-electron chi connectivity index (χ1n) is 13.4. The highest BCUT2D eigenvalue weighted by molar-refractivity contribution is 6.08. The highest BCUT2D eigenvalue weighted by atomic mass is 16.5. The predicted octanol–water partition coefficient (Wildman–Crippen LogP) is 4.69. The molecule has 0 fully saturated rings. The smallest absolute Gasteiger partial charge is 0.262 e. The van der Waals surface area contributed by atoms with E-state index in [1.807, 2.05) is 81.5 Å². The minimum absolute atomic E-state index is 0.0508. The molecular weight excluding hydrogens is 476 g/mol. The van der Waals surface area contributed by atoms with Crippen molar-refractivity contribution in [3.05, 3.63) is 77.4 Å². The van der Waals surface area contributed by atoms with Crippen LogP contribution in [-0.4, -0.2) is 61.9 Å². The fourth-order valence-corrected chi connectivity index (χ4v) is 4.28. The van der Waals surface area contributed by atoms with E-state index in [2.05, 4.69) is 39.4 Å². The number of aliphatic imine (C=N–C) groups is 1. The number of aromatic nitrogens is 1. The fourth-order valence-electron chi connectivity index (χ4n) is 4.28. The molecule has 1 unspecified atom stereocenters. The highest BCUT2D eigenvalue weighted by Crippen LogP contribution is 2.30. The number of pyridine rings is 1. The van der Waals surface area contributed by atoms with Gasteiger partial charge in [0.25, 0.3) is 5.91 Å². The summed E-state index contributed by atoms with van der Waals surface area (Å²) in [5.41, 5.74) is 3.59. The van der Waals surface area contributed by atoms with E-state index >= 15 is 0 Å². The molecule has 0 spiro atoms. The van der Waals surface area contributed by atoms with Crippen LogP contribution in [0.2, 0.25) is 0 Å². The zero-order chi connectivity index (χ0) is 27.5. The van der Waals surface area contributed by atoms with Crippen LogP contribution in [0.15, 0.2) is 76.8 Å². The van der Waals surface area contributed by atoms with Crippen LogP contribution in [0, 0.1) is 0 Å². The summed E-state index contributed by atoms with van der Waals surface area (Å²) in [5, 5.41) is 6.59. The van der Waals surface area contributed by atoms with Crippen LogP contribution in [0.25, 0.3) is 0 Å². The van der Waals surface area contributed by atoms with Gasteiger partial charge in [0.15, 0.2) is 0 Å². The maximum Gasteiger partial charge on any atom is 0.262 e. The number of rotatable bonds is 11. The predicted molar refractivity (Wildman–Crippen MR) is 155 cm³/mol. The molecule has 8 nitrogen and oxygen atoms in total. The average molecular weight is 519 g/mol. The fraction of sp³-hybridized carbons (Fsp3) is 0.433. The Bertz CT molecular complexity index is 1160. The molecule has 0 radical (unpaired) electrons. The van der Waals surface area contributed by atoms with Crippen LogP contribution in [0.5, 0.6) is 5.75 Å². The molecule has 3 rings (SSSR count). The van der Waals surface area contributed by atoms with Gasteiger partial charge in [0.2, 0.25) is 0 Å². The van der Waals surface area contributed by atoms with Crippen LogP contribution in [0.3, 0.4) is 0 Å². The third-order valence-corrected chi connectivity index (χ3v) is 6.53. The second kappa shape index (κ2) is 14.3. The number of nitrogens with one attached hydrogen (secondary N) is 2. The van der Waals surface area contributed by atoms with Crippen molar-refractivity contribution in [2.75, 3.05) is 45.2 Å². The number of likely N-dealkylation sites (N-methyl/N-ethyl adjacent to an activating group) is 1. The van der Waals surface area contributed by atoms with Crippen LogP contribution in [0.4, 0.5) is 5.69 Å². The number of carbonyl (C=O) groups excluding carboxylic acids is 1. The van der Waals surface area contributed by atoms with E-state index in [0.717, 1.165) is 47.9 Å². The molecule has 1 aliphatic heterocycles. The molecule has 2 heterocycles. The number of amidine groups is 1. The van der Waals surface area contributed by atoms with Crippen LogP contribution < -0.4 is 20.3 Å². The Morgan fingerprint density at radius 1 is 1.21 bits per heavy atom. The Morgan fingerprint density at radius 3 is 2.71 bits per heavy atom. The first-order chi connectivity index (χ1) is 18.4. The number of allylic oxidation sites excluding steroid dienone is 1. The van der Waals surface area contributed by atoms with Gasteiger partial charge in [0, 0.05) is 62.8 Å². The minimum Gasteiger partial charge on any atom is -0.486 e. The standard InChI is InChI=1S/C30H42N6O2/c1-7-22(3)19-27-29(34-23(4)33-8-2)35(6)17-18-36(30(27)37)25-12-9-13-26(20-25)38-28(14-16-31-5)24-11-10-15-32-21-24/h9-13,15,19-21,28,31H,7-8,14,16-18H2,1-6H3,(H,33,34)/b22-19-. The van der Waals surface area contributed by atoms with Gasteiger partial charge in [-0.2, -0.15) is 0 Å². The second-order valence-electron chi connectivity index (χ2n) is 9.45. The summed E-state index contributed by atoms with van der Waals surface area (Å²) in [6, 6.07) is 11.8. The van der Waals surface area contributed by atoms with Gasteiger partial charge in [0.05, 0.1) is 11.4 Å². The Balaban J connectivity index is 1.96. The molecule has 38 heavy (non-hydrogen) atoms. The molecule has 1 amide bonds. The van der Waals surface area contributed by atoms with Crippen molar-refractivity contribution < 1.29 is 9.53 Å². The lowest BCUT2D eigenvalue weighted by molar-refractivity contribution is -0.114. The van der Waals surface area contributed by atoms with Crippen LogP contribution >= 0.6 is 0 Å². The lowest BCUT2D eigenvalue weighted by Gasteiger charge is -2.24.